The summed E-state index contributed by atoms with van der Waals surface area (Å²) in [6.07, 6.45) is 1.77. The second-order valence-corrected chi connectivity index (χ2v) is 6.94. The zero-order valence-electron chi connectivity index (χ0n) is 14.8. The SMILES string of the molecule is COCCNC(=O)[C@H](c1ccc(C)cc1)N(C(=O)c1csnn1)C1CC1. The molecule has 1 fully saturated rings. The lowest BCUT2D eigenvalue weighted by molar-refractivity contribution is -0.126. The Morgan fingerprint density at radius 3 is 2.65 bits per heavy atom. The van der Waals surface area contributed by atoms with Gasteiger partial charge in [-0.25, -0.2) is 0 Å². The molecule has 1 heterocycles. The van der Waals surface area contributed by atoms with Crippen molar-refractivity contribution in [3.8, 4) is 0 Å². The molecular formula is C18H22N4O3S. The van der Waals surface area contributed by atoms with Gasteiger partial charge in [0, 0.05) is 25.1 Å². The van der Waals surface area contributed by atoms with Crippen molar-refractivity contribution in [2.45, 2.75) is 31.8 Å². The molecule has 26 heavy (non-hydrogen) atoms. The van der Waals surface area contributed by atoms with Crippen LogP contribution >= 0.6 is 11.5 Å². The minimum Gasteiger partial charge on any atom is -0.383 e. The lowest BCUT2D eigenvalue weighted by Gasteiger charge is -2.31. The number of hydrogen-bond donors (Lipinski definition) is 1. The van der Waals surface area contributed by atoms with Gasteiger partial charge in [0.2, 0.25) is 5.91 Å². The first-order chi connectivity index (χ1) is 12.6. The highest BCUT2D eigenvalue weighted by Crippen LogP contribution is 2.36. The topological polar surface area (TPSA) is 84.4 Å². The molecule has 0 bridgehead atoms. The molecule has 0 unspecified atom stereocenters. The average molecular weight is 374 g/mol. The fourth-order valence-electron chi connectivity index (χ4n) is 2.80. The number of benzene rings is 1. The first-order valence-electron chi connectivity index (χ1n) is 8.54. The van der Waals surface area contributed by atoms with Crippen molar-refractivity contribution in [1.29, 1.82) is 0 Å². The summed E-state index contributed by atoms with van der Waals surface area (Å²) in [6, 6.07) is 7.04. The lowest BCUT2D eigenvalue weighted by Crippen LogP contribution is -2.45. The van der Waals surface area contributed by atoms with Crippen LogP contribution in [0.25, 0.3) is 0 Å². The standard InChI is InChI=1S/C18H22N4O3S/c1-12-3-5-13(6-4-12)16(17(23)19-9-10-25-2)22(14-7-8-14)18(24)15-11-26-21-20-15/h3-6,11,14,16H,7-10H2,1-2H3,(H,19,23)/t16-/m0/s1. The lowest BCUT2D eigenvalue weighted by atomic mass is 10.0. The second kappa shape index (κ2) is 8.37. The van der Waals surface area contributed by atoms with Gasteiger partial charge in [-0.05, 0) is 36.9 Å². The maximum Gasteiger partial charge on any atom is 0.276 e. The minimum absolute atomic E-state index is 0.0451. The number of aryl methyl sites for hydroxylation is 1. The normalized spacial score (nSPS) is 14.7. The van der Waals surface area contributed by atoms with Gasteiger partial charge in [0.25, 0.3) is 5.91 Å². The van der Waals surface area contributed by atoms with Crippen LogP contribution in [-0.2, 0) is 9.53 Å². The highest BCUT2D eigenvalue weighted by molar-refractivity contribution is 7.03. The van der Waals surface area contributed by atoms with Crippen LogP contribution in [0.4, 0.5) is 0 Å². The van der Waals surface area contributed by atoms with Gasteiger partial charge in [0.05, 0.1) is 6.61 Å². The largest absolute Gasteiger partial charge is 0.383 e. The van der Waals surface area contributed by atoms with Gasteiger partial charge in [-0.15, -0.1) is 5.10 Å². The van der Waals surface area contributed by atoms with Crippen LogP contribution in [0, 0.1) is 6.92 Å². The van der Waals surface area contributed by atoms with Crippen LogP contribution in [-0.4, -0.2) is 52.6 Å². The van der Waals surface area contributed by atoms with Crippen LogP contribution in [0.1, 0.15) is 40.5 Å². The van der Waals surface area contributed by atoms with E-state index >= 15 is 0 Å². The third-order valence-electron chi connectivity index (χ3n) is 4.28. The molecule has 1 saturated carbocycles. The van der Waals surface area contributed by atoms with E-state index < -0.39 is 6.04 Å². The smallest absolute Gasteiger partial charge is 0.276 e. The monoisotopic (exact) mass is 374 g/mol. The van der Waals surface area contributed by atoms with Gasteiger partial charge in [-0.1, -0.05) is 34.3 Å². The predicted octanol–water partition coefficient (Wildman–Crippen LogP) is 1.96. The number of nitrogens with zero attached hydrogens (tertiary/aromatic N) is 3. The molecule has 138 valence electrons. The summed E-state index contributed by atoms with van der Waals surface area (Å²) in [4.78, 5) is 27.6. The van der Waals surface area contributed by atoms with Crippen molar-refractivity contribution in [3.05, 3.63) is 46.5 Å². The summed E-state index contributed by atoms with van der Waals surface area (Å²) in [7, 11) is 1.58. The number of aromatic nitrogens is 2. The minimum atomic E-state index is -0.700. The number of methoxy groups -OCH3 is 1. The predicted molar refractivity (Wildman–Crippen MR) is 97.9 cm³/mol. The molecule has 0 aliphatic heterocycles. The second-order valence-electron chi connectivity index (χ2n) is 6.33. The van der Waals surface area contributed by atoms with E-state index in [9.17, 15) is 9.59 Å². The van der Waals surface area contributed by atoms with Crippen molar-refractivity contribution in [2.75, 3.05) is 20.3 Å². The van der Waals surface area contributed by atoms with Gasteiger partial charge < -0.3 is 15.0 Å². The summed E-state index contributed by atoms with van der Waals surface area (Å²) < 4.78 is 8.79. The molecule has 7 nitrogen and oxygen atoms in total. The molecule has 1 aliphatic rings. The van der Waals surface area contributed by atoms with Crippen LogP contribution in [0.15, 0.2) is 29.6 Å². The number of amides is 2. The Bertz CT molecular complexity index is 744. The number of rotatable bonds is 8. The molecule has 1 aliphatic carbocycles. The van der Waals surface area contributed by atoms with Crippen LogP contribution < -0.4 is 5.32 Å². The molecule has 3 rings (SSSR count). The summed E-state index contributed by atoms with van der Waals surface area (Å²) >= 11 is 1.13. The van der Waals surface area contributed by atoms with Crippen molar-refractivity contribution < 1.29 is 14.3 Å². The quantitative estimate of drug-likeness (QED) is 0.714. The molecular weight excluding hydrogens is 352 g/mol. The van der Waals surface area contributed by atoms with E-state index in [1.807, 2.05) is 31.2 Å². The van der Waals surface area contributed by atoms with Gasteiger partial charge >= 0.3 is 0 Å². The van der Waals surface area contributed by atoms with Gasteiger partial charge in [-0.3, -0.25) is 9.59 Å². The van der Waals surface area contributed by atoms with E-state index in [-0.39, 0.29) is 23.6 Å². The van der Waals surface area contributed by atoms with Crippen molar-refractivity contribution in [1.82, 2.24) is 19.8 Å². The summed E-state index contributed by atoms with van der Waals surface area (Å²) in [5.74, 6) is -0.469. The highest BCUT2D eigenvalue weighted by atomic mass is 32.1. The molecule has 1 aromatic heterocycles. The molecule has 1 N–H and O–H groups in total. The Hall–Kier alpha value is -2.32. The number of carbonyl (C=O) groups is 2. The molecule has 2 aromatic rings. The Morgan fingerprint density at radius 2 is 2.08 bits per heavy atom. The molecule has 0 spiro atoms. The van der Waals surface area contributed by atoms with E-state index in [1.165, 1.54) is 0 Å². The third kappa shape index (κ3) is 4.25. The Balaban J connectivity index is 1.92. The van der Waals surface area contributed by atoms with Crippen molar-refractivity contribution in [2.24, 2.45) is 0 Å². The van der Waals surface area contributed by atoms with Crippen molar-refractivity contribution >= 4 is 23.3 Å². The van der Waals surface area contributed by atoms with Gasteiger partial charge in [0.15, 0.2) is 5.69 Å². The van der Waals surface area contributed by atoms with E-state index in [1.54, 1.807) is 17.4 Å². The highest BCUT2D eigenvalue weighted by Gasteiger charge is 2.42. The van der Waals surface area contributed by atoms with Crippen molar-refractivity contribution in [3.63, 3.8) is 0 Å². The van der Waals surface area contributed by atoms with E-state index in [0.717, 1.165) is 35.5 Å². The zero-order chi connectivity index (χ0) is 18.5. The Labute approximate surface area is 156 Å². The summed E-state index contributed by atoms with van der Waals surface area (Å²) in [5.41, 5.74) is 2.16. The van der Waals surface area contributed by atoms with Crippen LogP contribution in [0.2, 0.25) is 0 Å². The first-order valence-corrected chi connectivity index (χ1v) is 9.38. The van der Waals surface area contributed by atoms with Gasteiger partial charge in [0.1, 0.15) is 6.04 Å². The first kappa shape index (κ1) is 18.5. The number of hydrogen-bond acceptors (Lipinski definition) is 6. The zero-order valence-corrected chi connectivity index (χ0v) is 15.7. The number of nitrogens with one attached hydrogen (secondary N) is 1. The van der Waals surface area contributed by atoms with Crippen LogP contribution in [0.5, 0.6) is 0 Å². The molecule has 1 aromatic carbocycles. The molecule has 0 saturated heterocycles. The molecule has 2 amide bonds. The maximum atomic E-state index is 13.0. The molecule has 1 atom stereocenters. The summed E-state index contributed by atoms with van der Waals surface area (Å²) in [5, 5.41) is 8.38. The Kier molecular flexibility index (Phi) is 5.95. The number of ether oxygens (including phenoxy) is 1. The van der Waals surface area contributed by atoms with Crippen LogP contribution in [0.3, 0.4) is 0 Å². The third-order valence-corrected chi connectivity index (χ3v) is 4.78. The van der Waals surface area contributed by atoms with E-state index in [2.05, 4.69) is 14.9 Å². The molecule has 8 heteroatoms. The van der Waals surface area contributed by atoms with Gasteiger partial charge in [-0.2, -0.15) is 0 Å². The maximum absolute atomic E-state index is 13.0. The van der Waals surface area contributed by atoms with E-state index in [4.69, 9.17) is 4.74 Å². The fraction of sp³-hybridized carbons (Fsp3) is 0.444. The van der Waals surface area contributed by atoms with E-state index in [0.29, 0.717) is 13.2 Å². The molecule has 0 radical (unpaired) electrons. The Morgan fingerprint density at radius 1 is 1.35 bits per heavy atom. The number of carbonyl (C=O) groups excluding carboxylic acids is 2. The average Bonchev–Trinajstić information content (AvgIpc) is 3.32. The summed E-state index contributed by atoms with van der Waals surface area (Å²) in [6.45, 7) is 2.80. The fourth-order valence-corrected chi connectivity index (χ4v) is 3.23.